The predicted molar refractivity (Wildman–Crippen MR) is 78.1 cm³/mol. The molecule has 116 valence electrons. The zero-order chi connectivity index (χ0) is 15.8. The molecule has 21 heavy (non-hydrogen) atoms. The lowest BCUT2D eigenvalue weighted by atomic mass is 10.1. The highest BCUT2D eigenvalue weighted by Gasteiger charge is 2.35. The third-order valence-corrected chi connectivity index (χ3v) is 4.67. The molecule has 0 bridgehead atoms. The Labute approximate surface area is 127 Å². The highest BCUT2D eigenvalue weighted by atomic mass is 35.5. The lowest BCUT2D eigenvalue weighted by Gasteiger charge is -2.20. The minimum absolute atomic E-state index is 0.0161. The van der Waals surface area contributed by atoms with E-state index in [1.807, 2.05) is 0 Å². The lowest BCUT2D eigenvalue weighted by Crippen LogP contribution is -2.26. The molecule has 0 N–H and O–H groups in total. The molecule has 8 heteroatoms. The minimum Gasteiger partial charge on any atom is -0.495 e. The first-order chi connectivity index (χ1) is 9.71. The van der Waals surface area contributed by atoms with Gasteiger partial charge in [-0.3, -0.25) is 4.79 Å². The van der Waals surface area contributed by atoms with E-state index in [2.05, 4.69) is 0 Å². The van der Waals surface area contributed by atoms with Gasteiger partial charge in [0.2, 0.25) is 5.91 Å². The summed E-state index contributed by atoms with van der Waals surface area (Å²) in [6, 6.07) is 3.30. The summed E-state index contributed by atoms with van der Waals surface area (Å²) in [4.78, 5) is 13.4. The second kappa shape index (κ2) is 5.81. The summed E-state index contributed by atoms with van der Waals surface area (Å²) in [6.45, 7) is 1.93. The Bertz CT molecular complexity index is 677. The minimum atomic E-state index is -4.60. The Morgan fingerprint density at radius 3 is 2.71 bits per heavy atom. The van der Waals surface area contributed by atoms with Crippen molar-refractivity contribution in [1.82, 2.24) is 0 Å². The molecule has 1 amide bonds. The normalized spacial score (nSPS) is 19.1. The lowest BCUT2D eigenvalue weighted by molar-refractivity contribution is -0.117. The first-order valence-corrected chi connectivity index (χ1v) is 8.21. The van der Waals surface area contributed by atoms with Gasteiger partial charge in [0.25, 0.3) is 0 Å². The van der Waals surface area contributed by atoms with Crippen LogP contribution in [0.25, 0.3) is 0 Å². The van der Waals surface area contributed by atoms with Crippen LogP contribution in [0.2, 0.25) is 5.02 Å². The third kappa shape index (κ3) is 3.65. The largest absolute Gasteiger partial charge is 0.495 e. The number of anilines is 1. The van der Waals surface area contributed by atoms with E-state index < -0.39 is 21.9 Å². The number of aryl methyl sites for hydroxylation is 1. The van der Waals surface area contributed by atoms with Gasteiger partial charge in [0.15, 0.2) is 0 Å². The van der Waals surface area contributed by atoms with Crippen molar-refractivity contribution in [2.75, 3.05) is 24.3 Å². The van der Waals surface area contributed by atoms with Crippen molar-refractivity contribution >= 4 is 33.4 Å². The molecule has 0 radical (unpaired) electrons. The number of rotatable bonds is 4. The topological polar surface area (TPSA) is 63.7 Å². The van der Waals surface area contributed by atoms with Crippen molar-refractivity contribution in [1.29, 1.82) is 0 Å². The number of ether oxygens (including phenoxy) is 1. The van der Waals surface area contributed by atoms with Crippen molar-refractivity contribution < 1.29 is 21.8 Å². The molecule has 1 saturated heterocycles. The second-order valence-electron chi connectivity index (χ2n) is 5.05. The second-order valence-corrected chi connectivity index (χ2v) is 6.87. The van der Waals surface area contributed by atoms with E-state index in [4.69, 9.17) is 16.3 Å². The van der Waals surface area contributed by atoms with Gasteiger partial charge in [-0.05, 0) is 24.6 Å². The molecule has 1 atom stereocenters. The van der Waals surface area contributed by atoms with Gasteiger partial charge in [-0.15, -0.1) is 3.89 Å². The average Bonchev–Trinajstić information content (AvgIpc) is 2.70. The van der Waals surface area contributed by atoms with Gasteiger partial charge in [0, 0.05) is 23.9 Å². The van der Waals surface area contributed by atoms with Gasteiger partial charge in [0.1, 0.15) is 5.75 Å². The number of carbonyl (C=O) groups is 1. The predicted octanol–water partition coefficient (Wildman–Crippen LogP) is 2.31. The monoisotopic (exact) mass is 335 g/mol. The molecule has 1 unspecified atom stereocenters. The Kier molecular flexibility index (Phi) is 4.43. The van der Waals surface area contributed by atoms with Gasteiger partial charge >= 0.3 is 10.2 Å². The molecule has 1 aliphatic rings. The maximum absolute atomic E-state index is 12.8. The fourth-order valence-corrected chi connectivity index (χ4v) is 3.37. The van der Waals surface area contributed by atoms with E-state index in [0.29, 0.717) is 16.5 Å². The number of hydrogen-bond acceptors (Lipinski definition) is 4. The van der Waals surface area contributed by atoms with Crippen LogP contribution in [0.4, 0.5) is 9.57 Å². The van der Waals surface area contributed by atoms with Crippen LogP contribution >= 0.6 is 11.6 Å². The molecule has 0 aromatic heterocycles. The fraction of sp³-hybridized carbons (Fsp3) is 0.462. The van der Waals surface area contributed by atoms with Crippen LogP contribution in [0.5, 0.6) is 5.75 Å². The van der Waals surface area contributed by atoms with Gasteiger partial charge in [0.05, 0.1) is 18.6 Å². The smallest absolute Gasteiger partial charge is 0.302 e. The van der Waals surface area contributed by atoms with E-state index in [1.165, 1.54) is 12.0 Å². The average molecular weight is 336 g/mol. The molecule has 1 fully saturated rings. The number of hydrogen-bond donors (Lipinski definition) is 0. The highest BCUT2D eigenvalue weighted by Crippen LogP contribution is 2.37. The Morgan fingerprint density at radius 2 is 2.14 bits per heavy atom. The van der Waals surface area contributed by atoms with E-state index in [9.17, 15) is 17.1 Å². The van der Waals surface area contributed by atoms with Crippen LogP contribution in [0, 0.1) is 12.8 Å². The third-order valence-electron chi connectivity index (χ3n) is 3.39. The van der Waals surface area contributed by atoms with Crippen LogP contribution in [0.3, 0.4) is 0 Å². The molecule has 5 nitrogen and oxygen atoms in total. The van der Waals surface area contributed by atoms with Gasteiger partial charge in [-0.2, -0.15) is 8.42 Å². The van der Waals surface area contributed by atoms with Crippen molar-refractivity contribution in [3.05, 3.63) is 22.7 Å². The molecule has 1 aromatic carbocycles. The highest BCUT2D eigenvalue weighted by molar-refractivity contribution is 7.86. The first kappa shape index (κ1) is 16.0. The zero-order valence-electron chi connectivity index (χ0n) is 11.6. The first-order valence-electron chi connectivity index (χ1n) is 6.28. The Morgan fingerprint density at radius 1 is 1.48 bits per heavy atom. The molecule has 1 aromatic rings. The van der Waals surface area contributed by atoms with Crippen LogP contribution in [0.15, 0.2) is 12.1 Å². The van der Waals surface area contributed by atoms with Gasteiger partial charge < -0.3 is 9.64 Å². The van der Waals surface area contributed by atoms with Gasteiger partial charge in [-0.1, -0.05) is 11.6 Å². The van der Waals surface area contributed by atoms with Crippen LogP contribution in [-0.4, -0.2) is 33.7 Å². The zero-order valence-corrected chi connectivity index (χ0v) is 13.2. The van der Waals surface area contributed by atoms with Crippen LogP contribution in [0.1, 0.15) is 12.0 Å². The van der Waals surface area contributed by atoms with E-state index >= 15 is 0 Å². The van der Waals surface area contributed by atoms with E-state index in [-0.39, 0.29) is 18.9 Å². The van der Waals surface area contributed by atoms with Crippen LogP contribution < -0.4 is 9.64 Å². The summed E-state index contributed by atoms with van der Waals surface area (Å²) < 4.78 is 39.4. The standard InChI is InChI=1S/C13H15ClFNO4S/c1-8-3-12(20-2)11(5-10(8)14)16-6-9(4-13(16)17)7-21(15,18)19/h3,5,9H,4,6-7H2,1-2H3. The molecule has 0 saturated carbocycles. The quantitative estimate of drug-likeness (QED) is 0.792. The van der Waals surface area contributed by atoms with E-state index in [0.717, 1.165) is 5.56 Å². The maximum Gasteiger partial charge on any atom is 0.302 e. The summed E-state index contributed by atoms with van der Waals surface area (Å²) in [6.07, 6.45) is -0.0161. The number of amides is 1. The van der Waals surface area contributed by atoms with Gasteiger partial charge in [-0.25, -0.2) is 0 Å². The fourth-order valence-electron chi connectivity index (χ4n) is 2.43. The van der Waals surface area contributed by atoms with E-state index in [1.54, 1.807) is 19.1 Å². The van der Waals surface area contributed by atoms with Crippen LogP contribution in [-0.2, 0) is 15.0 Å². The van der Waals surface area contributed by atoms with Crippen molar-refractivity contribution in [3.8, 4) is 5.75 Å². The molecule has 1 heterocycles. The Hall–Kier alpha value is -1.34. The number of carbonyl (C=O) groups excluding carboxylic acids is 1. The molecule has 1 aliphatic heterocycles. The molecular weight excluding hydrogens is 321 g/mol. The van der Waals surface area contributed by atoms with Crippen molar-refractivity contribution in [2.24, 2.45) is 5.92 Å². The number of methoxy groups -OCH3 is 1. The summed E-state index contributed by atoms with van der Waals surface area (Å²) in [5.41, 5.74) is 1.27. The molecule has 2 rings (SSSR count). The van der Waals surface area contributed by atoms with Crippen molar-refractivity contribution in [2.45, 2.75) is 13.3 Å². The molecule has 0 spiro atoms. The SMILES string of the molecule is COc1cc(C)c(Cl)cc1N1CC(CS(=O)(=O)F)CC1=O. The summed E-state index contributed by atoms with van der Waals surface area (Å²) in [5, 5.41) is 0.472. The Balaban J connectivity index is 2.31. The summed E-state index contributed by atoms with van der Waals surface area (Å²) in [5.74, 6) is -1.04. The molecule has 0 aliphatic carbocycles. The van der Waals surface area contributed by atoms with Crippen molar-refractivity contribution in [3.63, 3.8) is 0 Å². The summed E-state index contributed by atoms with van der Waals surface area (Å²) in [7, 11) is -3.13. The molecular formula is C13H15ClFNO4S. The number of nitrogens with zero attached hydrogens (tertiary/aromatic N) is 1. The summed E-state index contributed by atoms with van der Waals surface area (Å²) >= 11 is 6.06. The number of halogens is 2. The maximum atomic E-state index is 12.8. The number of benzene rings is 1.